The fraction of sp³-hybridized carbons (Fsp3) is 0.571. The third-order valence-corrected chi connectivity index (χ3v) is 5.70. The van der Waals surface area contributed by atoms with E-state index in [1.165, 1.54) is 24.1 Å². The van der Waals surface area contributed by atoms with Gasteiger partial charge in [0, 0.05) is 17.0 Å². The molecule has 4 nitrogen and oxygen atoms in total. The Morgan fingerprint density at radius 2 is 1.95 bits per heavy atom. The lowest BCUT2D eigenvalue weighted by atomic mass is 10.2. The average Bonchev–Trinajstić information content (AvgIpc) is 3.09. The lowest BCUT2D eigenvalue weighted by molar-refractivity contribution is 0.659. The summed E-state index contributed by atoms with van der Waals surface area (Å²) in [5.41, 5.74) is 9.56. The summed E-state index contributed by atoms with van der Waals surface area (Å²) in [5.74, 6) is 1.36. The van der Waals surface area contributed by atoms with Crippen LogP contribution in [-0.2, 0) is 6.54 Å². The van der Waals surface area contributed by atoms with Crippen molar-refractivity contribution in [1.29, 1.82) is 0 Å². The Labute approximate surface area is 117 Å². The molecule has 0 amide bonds. The second-order valence-electron chi connectivity index (χ2n) is 5.54. The number of aromatic nitrogens is 3. The first kappa shape index (κ1) is 12.8. The molecule has 0 radical (unpaired) electrons. The predicted molar refractivity (Wildman–Crippen MR) is 81.6 cm³/mol. The van der Waals surface area contributed by atoms with Gasteiger partial charge in [0.1, 0.15) is 17.3 Å². The van der Waals surface area contributed by atoms with E-state index in [4.69, 9.17) is 5.73 Å². The van der Waals surface area contributed by atoms with E-state index in [0.29, 0.717) is 10.6 Å². The van der Waals surface area contributed by atoms with Gasteiger partial charge in [-0.2, -0.15) is 11.8 Å². The number of fused-ring (bicyclic) bond motifs is 1. The molecule has 0 bridgehead atoms. The molecule has 1 saturated carbocycles. The minimum Gasteiger partial charge on any atom is -0.383 e. The molecule has 0 unspecified atom stereocenters. The van der Waals surface area contributed by atoms with Gasteiger partial charge in [-0.3, -0.25) is 0 Å². The molecule has 2 aromatic heterocycles. The van der Waals surface area contributed by atoms with Gasteiger partial charge < -0.3 is 10.3 Å². The zero-order chi connectivity index (χ0) is 13.8. The molecule has 19 heavy (non-hydrogen) atoms. The van der Waals surface area contributed by atoms with E-state index in [1.54, 1.807) is 0 Å². The largest absolute Gasteiger partial charge is 0.383 e. The molecular formula is C14H20N4S. The maximum absolute atomic E-state index is 6.08. The molecule has 0 aliphatic heterocycles. The van der Waals surface area contributed by atoms with Gasteiger partial charge in [0.15, 0.2) is 0 Å². The molecule has 2 N–H and O–H groups in total. The predicted octanol–water partition coefficient (Wildman–Crippen LogP) is 2.83. The van der Waals surface area contributed by atoms with E-state index in [-0.39, 0.29) is 0 Å². The van der Waals surface area contributed by atoms with Crippen LogP contribution in [0.3, 0.4) is 0 Å². The van der Waals surface area contributed by atoms with Crippen molar-refractivity contribution >= 4 is 28.6 Å². The molecule has 0 saturated heterocycles. The van der Waals surface area contributed by atoms with Crippen molar-refractivity contribution in [2.45, 2.75) is 44.9 Å². The van der Waals surface area contributed by atoms with Crippen LogP contribution in [0.5, 0.6) is 0 Å². The highest BCUT2D eigenvalue weighted by molar-refractivity contribution is 8.00. The third kappa shape index (κ3) is 1.91. The van der Waals surface area contributed by atoms with Crippen LogP contribution < -0.4 is 5.73 Å². The van der Waals surface area contributed by atoms with Gasteiger partial charge >= 0.3 is 0 Å². The molecule has 1 aliphatic carbocycles. The lowest BCUT2D eigenvalue weighted by Gasteiger charge is -2.15. The number of hydrogen-bond donors (Lipinski definition) is 1. The van der Waals surface area contributed by atoms with Gasteiger partial charge in [0.25, 0.3) is 0 Å². The smallest absolute Gasteiger partial charge is 0.146 e. The van der Waals surface area contributed by atoms with Crippen LogP contribution in [0, 0.1) is 20.8 Å². The van der Waals surface area contributed by atoms with E-state index in [9.17, 15) is 0 Å². The average molecular weight is 276 g/mol. The normalized spacial score (nSPS) is 17.1. The van der Waals surface area contributed by atoms with Crippen molar-refractivity contribution in [3.8, 4) is 0 Å². The Morgan fingerprint density at radius 1 is 1.26 bits per heavy atom. The Kier molecular flexibility index (Phi) is 2.78. The summed E-state index contributed by atoms with van der Waals surface area (Å²) < 4.78 is 2.75. The fourth-order valence-corrected chi connectivity index (χ4v) is 3.49. The van der Waals surface area contributed by atoms with Crippen molar-refractivity contribution in [1.82, 2.24) is 14.5 Å². The van der Waals surface area contributed by atoms with Crippen LogP contribution in [0.2, 0.25) is 0 Å². The second-order valence-corrected chi connectivity index (χ2v) is 6.81. The Balaban J connectivity index is 2.21. The van der Waals surface area contributed by atoms with Crippen molar-refractivity contribution in [2.75, 3.05) is 12.0 Å². The maximum atomic E-state index is 6.08. The summed E-state index contributed by atoms with van der Waals surface area (Å²) >= 11 is 1.97. The number of aryl methyl sites for hydroxylation is 2. The van der Waals surface area contributed by atoms with E-state index >= 15 is 0 Å². The molecule has 2 heterocycles. The molecule has 1 aliphatic rings. The second kappa shape index (κ2) is 4.13. The van der Waals surface area contributed by atoms with Crippen LogP contribution in [0.1, 0.15) is 29.9 Å². The van der Waals surface area contributed by atoms with Crippen molar-refractivity contribution in [2.24, 2.45) is 0 Å². The van der Waals surface area contributed by atoms with E-state index in [1.807, 2.05) is 18.7 Å². The Hall–Kier alpha value is -1.23. The fourth-order valence-electron chi connectivity index (χ4n) is 2.72. The first-order valence-corrected chi connectivity index (χ1v) is 7.84. The number of nitrogens with zero attached hydrogens (tertiary/aromatic N) is 3. The molecule has 0 atom stereocenters. The summed E-state index contributed by atoms with van der Waals surface area (Å²) in [5, 5.41) is 1.03. The summed E-state index contributed by atoms with van der Waals surface area (Å²) in [6.45, 7) is 7.20. The zero-order valence-corrected chi connectivity index (χ0v) is 12.8. The van der Waals surface area contributed by atoms with E-state index in [2.05, 4.69) is 34.6 Å². The lowest BCUT2D eigenvalue weighted by Crippen LogP contribution is -2.15. The highest BCUT2D eigenvalue weighted by Gasteiger charge is 2.42. The Morgan fingerprint density at radius 3 is 2.53 bits per heavy atom. The minimum atomic E-state index is 0.413. The summed E-state index contributed by atoms with van der Waals surface area (Å²) in [4.78, 5) is 8.92. The topological polar surface area (TPSA) is 56.7 Å². The molecule has 0 spiro atoms. The van der Waals surface area contributed by atoms with Gasteiger partial charge in [0.2, 0.25) is 0 Å². The molecule has 5 heteroatoms. The van der Waals surface area contributed by atoms with Crippen LogP contribution in [-0.4, -0.2) is 25.5 Å². The SMILES string of the molecule is CSC1(Cn2c(C)c(C)c3c(N)nc(C)nc32)CC1. The van der Waals surface area contributed by atoms with Gasteiger partial charge in [-0.25, -0.2) is 9.97 Å². The highest BCUT2D eigenvalue weighted by Crippen LogP contribution is 2.49. The van der Waals surface area contributed by atoms with Crippen molar-refractivity contribution < 1.29 is 0 Å². The number of rotatable bonds is 3. The molecular weight excluding hydrogens is 256 g/mol. The van der Waals surface area contributed by atoms with E-state index < -0.39 is 0 Å². The van der Waals surface area contributed by atoms with Crippen LogP contribution in [0.15, 0.2) is 0 Å². The molecule has 0 aromatic carbocycles. The number of thioether (sulfide) groups is 1. The van der Waals surface area contributed by atoms with E-state index in [0.717, 1.165) is 23.4 Å². The van der Waals surface area contributed by atoms with Crippen molar-refractivity contribution in [3.05, 3.63) is 17.1 Å². The van der Waals surface area contributed by atoms with Gasteiger partial charge in [0.05, 0.1) is 5.39 Å². The molecule has 3 rings (SSSR count). The minimum absolute atomic E-state index is 0.413. The summed E-state index contributed by atoms with van der Waals surface area (Å²) in [7, 11) is 0. The quantitative estimate of drug-likeness (QED) is 0.936. The zero-order valence-electron chi connectivity index (χ0n) is 11.9. The number of anilines is 1. The highest BCUT2D eigenvalue weighted by atomic mass is 32.2. The summed E-state index contributed by atoms with van der Waals surface area (Å²) in [6, 6.07) is 0. The molecule has 1 fully saturated rings. The maximum Gasteiger partial charge on any atom is 0.146 e. The standard InChI is InChI=1S/C14H20N4S/c1-8-9(2)18(7-14(19-4)5-6-14)13-11(8)12(15)16-10(3)17-13/h5-7H2,1-4H3,(H2,15,16,17). The number of nitrogen functional groups attached to an aromatic ring is 1. The van der Waals surface area contributed by atoms with Gasteiger partial charge in [-0.1, -0.05) is 0 Å². The van der Waals surface area contributed by atoms with Crippen LogP contribution >= 0.6 is 11.8 Å². The first-order chi connectivity index (χ1) is 8.97. The third-order valence-electron chi connectivity index (χ3n) is 4.29. The Bertz CT molecular complexity index is 655. The first-order valence-electron chi connectivity index (χ1n) is 6.62. The summed E-state index contributed by atoms with van der Waals surface area (Å²) in [6.07, 6.45) is 4.80. The number of hydrogen-bond acceptors (Lipinski definition) is 4. The molecule has 102 valence electrons. The monoisotopic (exact) mass is 276 g/mol. The van der Waals surface area contributed by atoms with Gasteiger partial charge in [-0.05, 0) is 45.4 Å². The number of nitrogens with two attached hydrogens (primary N) is 1. The van der Waals surface area contributed by atoms with Crippen LogP contribution in [0.25, 0.3) is 11.0 Å². The molecule has 2 aromatic rings. The van der Waals surface area contributed by atoms with Crippen molar-refractivity contribution in [3.63, 3.8) is 0 Å². The van der Waals surface area contributed by atoms with Crippen LogP contribution in [0.4, 0.5) is 5.82 Å². The van der Waals surface area contributed by atoms with Gasteiger partial charge in [-0.15, -0.1) is 0 Å².